The molecule has 1 heterocycles. The second-order valence-corrected chi connectivity index (χ2v) is 5.44. The van der Waals surface area contributed by atoms with Crippen LogP contribution in [-0.2, 0) is 6.42 Å². The first-order valence-corrected chi connectivity index (χ1v) is 7.01. The molecule has 2 N–H and O–H groups in total. The summed E-state index contributed by atoms with van der Waals surface area (Å²) in [6, 6.07) is -0.169. The van der Waals surface area contributed by atoms with Crippen LogP contribution >= 0.6 is 0 Å². The van der Waals surface area contributed by atoms with Crippen molar-refractivity contribution < 1.29 is 4.79 Å². The molecule has 0 bridgehead atoms. The van der Waals surface area contributed by atoms with Crippen LogP contribution in [0.5, 0.6) is 0 Å². The topological polar surface area (TPSA) is 66.9 Å². The highest BCUT2D eigenvalue weighted by Crippen LogP contribution is 2.27. The zero-order valence-corrected chi connectivity index (χ0v) is 11.7. The van der Waals surface area contributed by atoms with E-state index in [-0.39, 0.29) is 11.6 Å². The third-order valence-corrected chi connectivity index (χ3v) is 3.65. The molecule has 0 aromatic carbocycles. The summed E-state index contributed by atoms with van der Waals surface area (Å²) in [5, 5.41) is 5.86. The molecule has 0 spiro atoms. The molecule has 0 saturated heterocycles. The van der Waals surface area contributed by atoms with Gasteiger partial charge in [0, 0.05) is 12.0 Å². The van der Waals surface area contributed by atoms with Crippen molar-refractivity contribution in [1.29, 1.82) is 0 Å². The minimum Gasteiger partial charge on any atom is -0.333 e. The van der Waals surface area contributed by atoms with Gasteiger partial charge in [-0.1, -0.05) is 26.2 Å². The number of amides is 2. The second kappa shape index (κ2) is 5.99. The molecular weight excluding hydrogens is 240 g/mol. The Morgan fingerprint density at radius 2 is 1.89 bits per heavy atom. The number of aromatic nitrogens is 2. The van der Waals surface area contributed by atoms with Gasteiger partial charge in [0.05, 0.1) is 18.1 Å². The lowest BCUT2D eigenvalue weighted by Crippen LogP contribution is -2.48. The van der Waals surface area contributed by atoms with Crippen molar-refractivity contribution in [2.75, 3.05) is 5.32 Å². The molecule has 0 unspecified atom stereocenters. The monoisotopic (exact) mass is 262 g/mol. The molecule has 1 aliphatic rings. The number of hydrogen-bond acceptors (Lipinski definition) is 3. The Balaban J connectivity index is 1.89. The van der Waals surface area contributed by atoms with Crippen LogP contribution in [0.4, 0.5) is 10.5 Å². The molecule has 5 heteroatoms. The van der Waals surface area contributed by atoms with Gasteiger partial charge in [-0.3, -0.25) is 0 Å². The number of rotatable bonds is 3. The van der Waals surface area contributed by atoms with Crippen LogP contribution in [0.25, 0.3) is 0 Å². The molecule has 1 fully saturated rings. The zero-order chi connectivity index (χ0) is 13.7. The van der Waals surface area contributed by atoms with E-state index in [0.717, 1.165) is 25.1 Å². The van der Waals surface area contributed by atoms with Gasteiger partial charge in [0.15, 0.2) is 0 Å². The number of urea groups is 1. The number of nitrogens with zero attached hydrogens (tertiary/aromatic N) is 2. The Morgan fingerprint density at radius 1 is 1.26 bits per heavy atom. The highest BCUT2D eigenvalue weighted by molar-refractivity contribution is 5.89. The fourth-order valence-electron chi connectivity index (χ4n) is 2.50. The first-order valence-electron chi connectivity index (χ1n) is 7.01. The van der Waals surface area contributed by atoms with E-state index < -0.39 is 0 Å². The molecule has 1 aromatic heterocycles. The molecule has 0 radical (unpaired) electrons. The molecule has 1 saturated carbocycles. The normalized spacial score (nSPS) is 17.8. The van der Waals surface area contributed by atoms with Gasteiger partial charge in [-0.15, -0.1) is 0 Å². The molecule has 5 nitrogen and oxygen atoms in total. The average Bonchev–Trinajstić information content (AvgIpc) is 2.39. The number of nitrogens with one attached hydrogen (secondary N) is 2. The van der Waals surface area contributed by atoms with Gasteiger partial charge in [-0.25, -0.2) is 14.8 Å². The number of carbonyl (C=O) groups excluding carboxylic acids is 1. The van der Waals surface area contributed by atoms with E-state index in [2.05, 4.69) is 27.5 Å². The first-order chi connectivity index (χ1) is 9.11. The summed E-state index contributed by atoms with van der Waals surface area (Å²) in [6.45, 7) is 4.11. The smallest absolute Gasteiger partial charge is 0.319 e. The van der Waals surface area contributed by atoms with Crippen molar-refractivity contribution in [3.05, 3.63) is 18.2 Å². The van der Waals surface area contributed by atoms with Crippen LogP contribution in [-0.4, -0.2) is 21.5 Å². The lowest BCUT2D eigenvalue weighted by molar-refractivity contribution is 0.221. The molecule has 1 aliphatic carbocycles. The van der Waals surface area contributed by atoms with Gasteiger partial charge in [-0.05, 0) is 19.8 Å². The number of carbonyl (C=O) groups is 1. The first kappa shape index (κ1) is 13.8. The van der Waals surface area contributed by atoms with Crippen LogP contribution in [0.2, 0.25) is 0 Å². The zero-order valence-electron chi connectivity index (χ0n) is 11.7. The number of hydrogen-bond donors (Lipinski definition) is 2. The van der Waals surface area contributed by atoms with Crippen LogP contribution in [0, 0.1) is 0 Å². The standard InChI is InChI=1S/C14H22N4O/c1-3-12-15-9-11(10-16-12)17-13(19)18-14(2)7-5-4-6-8-14/h9-10H,3-8H2,1-2H3,(H2,17,18,19). The molecule has 104 valence electrons. The Hall–Kier alpha value is -1.65. The molecule has 2 rings (SSSR count). The predicted molar refractivity (Wildman–Crippen MR) is 75.1 cm³/mol. The van der Waals surface area contributed by atoms with Crippen molar-refractivity contribution in [3.63, 3.8) is 0 Å². The van der Waals surface area contributed by atoms with Gasteiger partial charge in [0.25, 0.3) is 0 Å². The predicted octanol–water partition coefficient (Wildman–Crippen LogP) is 2.88. The minimum atomic E-state index is -0.169. The highest BCUT2D eigenvalue weighted by Gasteiger charge is 2.28. The van der Waals surface area contributed by atoms with E-state index in [0.29, 0.717) is 5.69 Å². The molecule has 0 aliphatic heterocycles. The lowest BCUT2D eigenvalue weighted by atomic mass is 9.83. The highest BCUT2D eigenvalue weighted by atomic mass is 16.2. The maximum absolute atomic E-state index is 12.0. The second-order valence-electron chi connectivity index (χ2n) is 5.44. The Labute approximate surface area is 114 Å². The van der Waals surface area contributed by atoms with Gasteiger partial charge in [-0.2, -0.15) is 0 Å². The Morgan fingerprint density at radius 3 is 2.47 bits per heavy atom. The fraction of sp³-hybridized carbons (Fsp3) is 0.643. The maximum atomic E-state index is 12.0. The van der Waals surface area contributed by atoms with Crippen molar-refractivity contribution in [1.82, 2.24) is 15.3 Å². The molecular formula is C14H22N4O. The quantitative estimate of drug-likeness (QED) is 0.880. The molecule has 19 heavy (non-hydrogen) atoms. The van der Waals surface area contributed by atoms with E-state index >= 15 is 0 Å². The lowest BCUT2D eigenvalue weighted by Gasteiger charge is -2.34. The van der Waals surface area contributed by atoms with Crippen molar-refractivity contribution >= 4 is 11.7 Å². The van der Waals surface area contributed by atoms with Gasteiger partial charge >= 0.3 is 6.03 Å². The van der Waals surface area contributed by atoms with Crippen molar-refractivity contribution in [2.45, 2.75) is 57.9 Å². The van der Waals surface area contributed by atoms with E-state index in [4.69, 9.17) is 0 Å². The van der Waals surface area contributed by atoms with E-state index in [1.807, 2.05) is 6.92 Å². The van der Waals surface area contributed by atoms with Crippen LogP contribution in [0.15, 0.2) is 12.4 Å². The number of aryl methyl sites for hydroxylation is 1. The average molecular weight is 262 g/mol. The van der Waals surface area contributed by atoms with Gasteiger partial charge in [0.1, 0.15) is 5.82 Å². The summed E-state index contributed by atoms with van der Waals surface area (Å²) in [6.07, 6.45) is 9.83. The summed E-state index contributed by atoms with van der Waals surface area (Å²) >= 11 is 0. The Kier molecular flexibility index (Phi) is 4.35. The summed E-state index contributed by atoms with van der Waals surface area (Å²) in [5.74, 6) is 0.783. The van der Waals surface area contributed by atoms with Gasteiger partial charge in [0.2, 0.25) is 0 Å². The summed E-state index contributed by atoms with van der Waals surface area (Å²) in [7, 11) is 0. The third-order valence-electron chi connectivity index (χ3n) is 3.65. The van der Waals surface area contributed by atoms with E-state index in [1.165, 1.54) is 19.3 Å². The number of anilines is 1. The van der Waals surface area contributed by atoms with Crippen LogP contribution in [0.1, 0.15) is 51.8 Å². The summed E-state index contributed by atoms with van der Waals surface area (Å²) < 4.78 is 0. The SMILES string of the molecule is CCc1ncc(NC(=O)NC2(C)CCCCC2)cn1. The van der Waals surface area contributed by atoms with Gasteiger partial charge < -0.3 is 10.6 Å². The summed E-state index contributed by atoms with van der Waals surface area (Å²) in [5.41, 5.74) is 0.557. The van der Waals surface area contributed by atoms with Crippen molar-refractivity contribution in [2.24, 2.45) is 0 Å². The van der Waals surface area contributed by atoms with Crippen molar-refractivity contribution in [3.8, 4) is 0 Å². The fourth-order valence-corrected chi connectivity index (χ4v) is 2.50. The van der Waals surface area contributed by atoms with Crippen LogP contribution in [0.3, 0.4) is 0 Å². The van der Waals surface area contributed by atoms with Crippen LogP contribution < -0.4 is 10.6 Å². The largest absolute Gasteiger partial charge is 0.333 e. The van der Waals surface area contributed by atoms with E-state index in [1.54, 1.807) is 12.4 Å². The third kappa shape index (κ3) is 3.91. The van der Waals surface area contributed by atoms with E-state index in [9.17, 15) is 4.79 Å². The molecule has 0 atom stereocenters. The minimum absolute atomic E-state index is 0.0768. The molecule has 2 amide bonds. The maximum Gasteiger partial charge on any atom is 0.319 e. The molecule has 1 aromatic rings. The Bertz CT molecular complexity index is 424. The summed E-state index contributed by atoms with van der Waals surface area (Å²) in [4.78, 5) is 20.3.